The lowest BCUT2D eigenvalue weighted by Gasteiger charge is -2.16. The van der Waals surface area contributed by atoms with E-state index in [4.69, 9.17) is 0 Å². The number of rotatable bonds is 2. The van der Waals surface area contributed by atoms with E-state index < -0.39 is 0 Å². The van der Waals surface area contributed by atoms with E-state index in [0.29, 0.717) is 37.2 Å². The third kappa shape index (κ3) is 2.13. The first-order valence-electron chi connectivity index (χ1n) is 6.06. The standard InChI is InChI=1S/C13H14FN3O/c14-11-4-2-1-3-9(11)7-12-15-13-8-10(18)5-6-17(13)16-12/h1-4,10,18H,5-8H2. The van der Waals surface area contributed by atoms with Crippen LogP contribution < -0.4 is 0 Å². The molecule has 0 saturated heterocycles. The van der Waals surface area contributed by atoms with Gasteiger partial charge in [0.15, 0.2) is 5.82 Å². The molecule has 0 radical (unpaired) electrons. The molecule has 2 heterocycles. The second-order valence-corrected chi connectivity index (χ2v) is 4.58. The first-order chi connectivity index (χ1) is 8.72. The Labute approximate surface area is 104 Å². The largest absolute Gasteiger partial charge is 0.393 e. The Morgan fingerprint density at radius 2 is 2.22 bits per heavy atom. The van der Waals surface area contributed by atoms with Gasteiger partial charge in [0, 0.05) is 19.4 Å². The highest BCUT2D eigenvalue weighted by atomic mass is 19.1. The number of fused-ring (bicyclic) bond motifs is 1. The number of benzene rings is 1. The average molecular weight is 247 g/mol. The third-order valence-corrected chi connectivity index (χ3v) is 3.19. The zero-order valence-electron chi connectivity index (χ0n) is 9.88. The molecule has 3 rings (SSSR count). The minimum Gasteiger partial charge on any atom is -0.393 e. The highest BCUT2D eigenvalue weighted by Gasteiger charge is 2.20. The summed E-state index contributed by atoms with van der Waals surface area (Å²) < 4.78 is 15.3. The molecule has 1 aromatic heterocycles. The average Bonchev–Trinajstić information content (AvgIpc) is 2.73. The molecule has 1 aromatic carbocycles. The van der Waals surface area contributed by atoms with Gasteiger partial charge < -0.3 is 5.11 Å². The molecule has 0 spiro atoms. The van der Waals surface area contributed by atoms with Crippen molar-refractivity contribution in [2.75, 3.05) is 0 Å². The number of aliphatic hydroxyl groups is 1. The van der Waals surface area contributed by atoms with E-state index >= 15 is 0 Å². The Bertz CT molecular complexity index is 567. The highest BCUT2D eigenvalue weighted by Crippen LogP contribution is 2.15. The van der Waals surface area contributed by atoms with Crippen molar-refractivity contribution in [3.8, 4) is 0 Å². The summed E-state index contributed by atoms with van der Waals surface area (Å²) in [6.07, 6.45) is 1.30. The number of halogens is 1. The molecule has 94 valence electrons. The maximum atomic E-state index is 13.5. The van der Waals surface area contributed by atoms with E-state index in [2.05, 4.69) is 10.1 Å². The molecule has 18 heavy (non-hydrogen) atoms. The van der Waals surface area contributed by atoms with Crippen LogP contribution in [-0.4, -0.2) is 26.0 Å². The zero-order chi connectivity index (χ0) is 12.5. The van der Waals surface area contributed by atoms with Crippen molar-refractivity contribution < 1.29 is 9.50 Å². The molecule has 1 N–H and O–H groups in total. The van der Waals surface area contributed by atoms with Crippen LogP contribution in [0.1, 0.15) is 23.6 Å². The van der Waals surface area contributed by atoms with E-state index in [1.54, 1.807) is 18.2 Å². The van der Waals surface area contributed by atoms with Gasteiger partial charge in [-0.1, -0.05) is 18.2 Å². The Morgan fingerprint density at radius 1 is 1.39 bits per heavy atom. The molecule has 0 amide bonds. The molecule has 1 aliphatic rings. The van der Waals surface area contributed by atoms with E-state index in [1.807, 2.05) is 4.68 Å². The van der Waals surface area contributed by atoms with Gasteiger partial charge >= 0.3 is 0 Å². The highest BCUT2D eigenvalue weighted by molar-refractivity contribution is 5.21. The van der Waals surface area contributed by atoms with Crippen LogP contribution >= 0.6 is 0 Å². The summed E-state index contributed by atoms with van der Waals surface area (Å²) in [5.74, 6) is 1.18. The topological polar surface area (TPSA) is 50.9 Å². The van der Waals surface area contributed by atoms with Crippen LogP contribution in [0.25, 0.3) is 0 Å². The first-order valence-corrected chi connectivity index (χ1v) is 6.06. The molecule has 0 fully saturated rings. The molecule has 0 aliphatic carbocycles. The number of aliphatic hydroxyl groups excluding tert-OH is 1. The molecule has 5 heteroatoms. The van der Waals surface area contributed by atoms with Crippen LogP contribution in [0, 0.1) is 5.82 Å². The Morgan fingerprint density at radius 3 is 3.06 bits per heavy atom. The predicted octanol–water partition coefficient (Wildman–Crippen LogP) is 1.32. The predicted molar refractivity (Wildman–Crippen MR) is 63.6 cm³/mol. The number of aryl methyl sites for hydroxylation is 1. The van der Waals surface area contributed by atoms with Crippen molar-refractivity contribution in [3.63, 3.8) is 0 Å². The minimum absolute atomic E-state index is 0.231. The first kappa shape index (κ1) is 11.3. The van der Waals surface area contributed by atoms with Gasteiger partial charge in [0.1, 0.15) is 11.6 Å². The van der Waals surface area contributed by atoms with Gasteiger partial charge in [-0.2, -0.15) is 5.10 Å². The van der Waals surface area contributed by atoms with Crippen LogP contribution in [0.4, 0.5) is 4.39 Å². The van der Waals surface area contributed by atoms with Gasteiger partial charge in [-0.25, -0.2) is 14.1 Å². The number of hydrogen-bond acceptors (Lipinski definition) is 3. The van der Waals surface area contributed by atoms with Gasteiger partial charge in [-0.15, -0.1) is 0 Å². The molecule has 4 nitrogen and oxygen atoms in total. The molecule has 1 aliphatic heterocycles. The van der Waals surface area contributed by atoms with Crippen molar-refractivity contribution in [1.29, 1.82) is 0 Å². The normalized spacial score (nSPS) is 18.7. The molecule has 1 atom stereocenters. The summed E-state index contributed by atoms with van der Waals surface area (Å²) in [5, 5.41) is 13.9. The summed E-state index contributed by atoms with van der Waals surface area (Å²) in [6, 6.07) is 6.65. The monoisotopic (exact) mass is 247 g/mol. The smallest absolute Gasteiger partial charge is 0.155 e. The van der Waals surface area contributed by atoms with Gasteiger partial charge in [0.05, 0.1) is 6.10 Å². The van der Waals surface area contributed by atoms with Crippen molar-refractivity contribution in [2.45, 2.75) is 31.9 Å². The Kier molecular flexibility index (Phi) is 2.83. The molecule has 0 bridgehead atoms. The second kappa shape index (κ2) is 4.49. The molecule has 0 saturated carbocycles. The van der Waals surface area contributed by atoms with Crippen LogP contribution in [0.2, 0.25) is 0 Å². The molecule has 2 aromatic rings. The van der Waals surface area contributed by atoms with Crippen molar-refractivity contribution >= 4 is 0 Å². The number of hydrogen-bond donors (Lipinski definition) is 1. The summed E-state index contributed by atoms with van der Waals surface area (Å²) in [4.78, 5) is 4.36. The number of nitrogens with zero attached hydrogens (tertiary/aromatic N) is 3. The Hall–Kier alpha value is -1.75. The van der Waals surface area contributed by atoms with E-state index in [1.165, 1.54) is 6.07 Å². The van der Waals surface area contributed by atoms with E-state index in [9.17, 15) is 9.50 Å². The molecular weight excluding hydrogens is 233 g/mol. The fourth-order valence-corrected chi connectivity index (χ4v) is 2.23. The lowest BCUT2D eigenvalue weighted by molar-refractivity contribution is 0.138. The quantitative estimate of drug-likeness (QED) is 0.870. The molecule has 1 unspecified atom stereocenters. The van der Waals surface area contributed by atoms with Crippen LogP contribution in [0.15, 0.2) is 24.3 Å². The van der Waals surface area contributed by atoms with Crippen molar-refractivity contribution in [1.82, 2.24) is 14.8 Å². The maximum Gasteiger partial charge on any atom is 0.155 e. The van der Waals surface area contributed by atoms with Gasteiger partial charge in [-0.05, 0) is 18.1 Å². The summed E-state index contributed by atoms with van der Waals surface area (Å²) in [6.45, 7) is 0.681. The van der Waals surface area contributed by atoms with Crippen molar-refractivity contribution in [2.24, 2.45) is 0 Å². The maximum absolute atomic E-state index is 13.5. The van der Waals surface area contributed by atoms with Crippen LogP contribution in [0.3, 0.4) is 0 Å². The molecular formula is C13H14FN3O. The third-order valence-electron chi connectivity index (χ3n) is 3.19. The summed E-state index contributed by atoms with van der Waals surface area (Å²) in [5.41, 5.74) is 0.598. The summed E-state index contributed by atoms with van der Waals surface area (Å²) >= 11 is 0. The van der Waals surface area contributed by atoms with E-state index in [0.717, 1.165) is 5.82 Å². The number of aromatic nitrogens is 3. The summed E-state index contributed by atoms with van der Waals surface area (Å²) in [7, 11) is 0. The lowest BCUT2D eigenvalue weighted by atomic mass is 10.1. The zero-order valence-corrected chi connectivity index (χ0v) is 9.88. The van der Waals surface area contributed by atoms with Gasteiger partial charge in [0.25, 0.3) is 0 Å². The lowest BCUT2D eigenvalue weighted by Crippen LogP contribution is -2.23. The van der Waals surface area contributed by atoms with Gasteiger partial charge in [-0.3, -0.25) is 0 Å². The Balaban J connectivity index is 1.84. The van der Waals surface area contributed by atoms with Crippen LogP contribution in [0.5, 0.6) is 0 Å². The fraction of sp³-hybridized carbons (Fsp3) is 0.385. The fourth-order valence-electron chi connectivity index (χ4n) is 2.23. The second-order valence-electron chi connectivity index (χ2n) is 4.58. The van der Waals surface area contributed by atoms with Gasteiger partial charge in [0.2, 0.25) is 0 Å². The van der Waals surface area contributed by atoms with Crippen molar-refractivity contribution in [3.05, 3.63) is 47.3 Å². The van der Waals surface area contributed by atoms with Crippen LogP contribution in [-0.2, 0) is 19.4 Å². The minimum atomic E-state index is -0.331. The van der Waals surface area contributed by atoms with E-state index in [-0.39, 0.29) is 11.9 Å². The SMILES string of the molecule is OC1CCn2nc(Cc3ccccc3F)nc2C1.